The summed E-state index contributed by atoms with van der Waals surface area (Å²) in [5, 5.41) is 5.41. The van der Waals surface area contributed by atoms with Crippen molar-refractivity contribution in [2.45, 2.75) is 63.1 Å². The van der Waals surface area contributed by atoms with E-state index in [1.165, 1.54) is 11.3 Å². The number of rotatable bonds is 8. The van der Waals surface area contributed by atoms with Crippen LogP contribution in [0.15, 0.2) is 57.2 Å². The van der Waals surface area contributed by atoms with Crippen molar-refractivity contribution in [3.05, 3.63) is 74.1 Å². The minimum Gasteiger partial charge on any atom is -0.486 e. The smallest absolute Gasteiger partial charge is 0.271 e. The van der Waals surface area contributed by atoms with Crippen LogP contribution in [0, 0.1) is 13.8 Å². The van der Waals surface area contributed by atoms with Gasteiger partial charge in [-0.1, -0.05) is 34.8 Å². The van der Waals surface area contributed by atoms with Crippen molar-refractivity contribution in [2.75, 3.05) is 0 Å². The van der Waals surface area contributed by atoms with E-state index in [4.69, 9.17) is 4.74 Å². The number of aromatic nitrogens is 1. The van der Waals surface area contributed by atoms with Crippen LogP contribution in [-0.4, -0.2) is 31.4 Å². The topological polar surface area (TPSA) is 97.4 Å². The molecule has 0 unspecified atom stereocenters. The second kappa shape index (κ2) is 11.2. The molecule has 35 heavy (non-hydrogen) atoms. The Morgan fingerprint density at radius 2 is 1.74 bits per heavy atom. The second-order valence-corrected chi connectivity index (χ2v) is 12.4. The predicted octanol–water partition coefficient (Wildman–Crippen LogP) is 5.12. The summed E-state index contributed by atoms with van der Waals surface area (Å²) < 4.78 is 35.2. The van der Waals surface area contributed by atoms with Crippen molar-refractivity contribution in [3.63, 3.8) is 0 Å². The summed E-state index contributed by atoms with van der Waals surface area (Å²) in [6, 6.07) is 11.8. The maximum absolute atomic E-state index is 12.9. The fourth-order valence-electron chi connectivity index (χ4n) is 4.21. The van der Waals surface area contributed by atoms with Gasteiger partial charge in [-0.05, 0) is 74.2 Å². The van der Waals surface area contributed by atoms with Crippen molar-refractivity contribution < 1.29 is 17.9 Å². The van der Waals surface area contributed by atoms with Crippen LogP contribution in [0.2, 0.25) is 0 Å². The molecule has 0 radical (unpaired) electrons. The molecule has 10 heteroatoms. The number of amides is 1. The molecule has 3 aromatic rings. The van der Waals surface area contributed by atoms with Gasteiger partial charge in [0.2, 0.25) is 10.0 Å². The van der Waals surface area contributed by atoms with Crippen molar-refractivity contribution in [1.29, 1.82) is 0 Å². The molecule has 1 aromatic heterocycles. The molecule has 1 fully saturated rings. The van der Waals surface area contributed by atoms with Gasteiger partial charge in [-0.15, -0.1) is 11.3 Å². The highest BCUT2D eigenvalue weighted by atomic mass is 79.9. The number of thiazole rings is 1. The Morgan fingerprint density at radius 3 is 2.43 bits per heavy atom. The lowest BCUT2D eigenvalue weighted by atomic mass is 9.91. The SMILES string of the molecule is Cc1cc(C)cc(OCc2nc(C(=O)N[C@H]3CCCC[C@H]3NS(=O)(=O)c3ccc(Br)cc3)cs2)c1. The molecular formula is C25H28BrN3O4S2. The normalized spacial score (nSPS) is 18.3. The number of hydrogen-bond acceptors (Lipinski definition) is 6. The minimum absolute atomic E-state index is 0.198. The van der Waals surface area contributed by atoms with Crippen molar-refractivity contribution in [2.24, 2.45) is 0 Å². The molecule has 4 rings (SSSR count). The van der Waals surface area contributed by atoms with Gasteiger partial charge in [0.05, 0.1) is 4.90 Å². The van der Waals surface area contributed by atoms with E-state index >= 15 is 0 Å². The molecule has 0 spiro atoms. The first-order chi connectivity index (χ1) is 16.7. The molecule has 1 saturated carbocycles. The quantitative estimate of drug-likeness (QED) is 0.387. The third-order valence-electron chi connectivity index (χ3n) is 5.85. The summed E-state index contributed by atoms with van der Waals surface area (Å²) in [4.78, 5) is 17.5. The molecule has 2 N–H and O–H groups in total. The van der Waals surface area contributed by atoms with Crippen LogP contribution in [0.3, 0.4) is 0 Å². The van der Waals surface area contributed by atoms with Gasteiger partial charge >= 0.3 is 0 Å². The maximum Gasteiger partial charge on any atom is 0.271 e. The van der Waals surface area contributed by atoms with Crippen LogP contribution in [0.5, 0.6) is 5.75 Å². The highest BCUT2D eigenvalue weighted by Crippen LogP contribution is 2.23. The molecule has 186 valence electrons. The van der Waals surface area contributed by atoms with E-state index in [1.54, 1.807) is 29.6 Å². The third kappa shape index (κ3) is 6.91. The summed E-state index contributed by atoms with van der Waals surface area (Å²) in [5.41, 5.74) is 2.56. The van der Waals surface area contributed by atoms with Gasteiger partial charge in [-0.2, -0.15) is 0 Å². The zero-order valence-electron chi connectivity index (χ0n) is 19.6. The number of hydrogen-bond donors (Lipinski definition) is 2. The Morgan fingerprint density at radius 1 is 1.09 bits per heavy atom. The predicted molar refractivity (Wildman–Crippen MR) is 140 cm³/mol. The first-order valence-electron chi connectivity index (χ1n) is 11.4. The van der Waals surface area contributed by atoms with E-state index in [9.17, 15) is 13.2 Å². The molecule has 1 amide bonds. The first-order valence-corrected chi connectivity index (χ1v) is 14.6. The van der Waals surface area contributed by atoms with Crippen LogP contribution < -0.4 is 14.8 Å². The lowest BCUT2D eigenvalue weighted by Crippen LogP contribution is -2.53. The maximum atomic E-state index is 12.9. The molecular weight excluding hydrogens is 550 g/mol. The van der Waals surface area contributed by atoms with Crippen molar-refractivity contribution >= 4 is 43.2 Å². The molecule has 1 aliphatic rings. The van der Waals surface area contributed by atoms with Crippen molar-refractivity contribution in [3.8, 4) is 5.75 Å². The number of nitrogens with zero attached hydrogens (tertiary/aromatic N) is 1. The molecule has 0 saturated heterocycles. The van der Waals surface area contributed by atoms with E-state index in [0.717, 1.165) is 34.2 Å². The fraction of sp³-hybridized carbons (Fsp3) is 0.360. The number of carbonyl (C=O) groups excluding carboxylic acids is 1. The molecule has 7 nitrogen and oxygen atoms in total. The van der Waals surface area contributed by atoms with Crippen molar-refractivity contribution in [1.82, 2.24) is 15.0 Å². The van der Waals surface area contributed by atoms with Crippen LogP contribution >= 0.6 is 27.3 Å². The zero-order valence-corrected chi connectivity index (χ0v) is 22.8. The Bertz CT molecular complexity index is 1270. The Balaban J connectivity index is 1.38. The van der Waals surface area contributed by atoms with Crippen LogP contribution in [0.4, 0.5) is 0 Å². The number of sulfonamides is 1. The summed E-state index contributed by atoms with van der Waals surface area (Å²) in [7, 11) is -3.70. The van der Waals surface area contributed by atoms with Gasteiger partial charge in [0.15, 0.2) is 0 Å². The lowest BCUT2D eigenvalue weighted by molar-refractivity contribution is 0.0914. The average molecular weight is 579 g/mol. The van der Waals surface area contributed by atoms with E-state index in [1.807, 2.05) is 26.0 Å². The number of halogens is 1. The van der Waals surface area contributed by atoms with Gasteiger partial charge in [-0.3, -0.25) is 4.79 Å². The van der Waals surface area contributed by atoms with Gasteiger partial charge in [0.25, 0.3) is 5.91 Å². The summed E-state index contributed by atoms with van der Waals surface area (Å²) >= 11 is 4.69. The molecule has 2 atom stereocenters. The molecule has 0 bridgehead atoms. The van der Waals surface area contributed by atoms with Gasteiger partial charge in [0.1, 0.15) is 23.1 Å². The zero-order chi connectivity index (χ0) is 25.0. The van der Waals surface area contributed by atoms with E-state index < -0.39 is 10.0 Å². The minimum atomic E-state index is -3.70. The first kappa shape index (κ1) is 25.8. The van der Waals surface area contributed by atoms with Gasteiger partial charge in [-0.25, -0.2) is 18.1 Å². The molecule has 0 aliphatic heterocycles. The Labute approximate surface area is 218 Å². The van der Waals surface area contributed by atoms with Crippen LogP contribution in [-0.2, 0) is 16.6 Å². The summed E-state index contributed by atoms with van der Waals surface area (Å²) in [6.45, 7) is 4.31. The highest BCUT2D eigenvalue weighted by Gasteiger charge is 2.31. The van der Waals surface area contributed by atoms with E-state index in [0.29, 0.717) is 23.5 Å². The summed E-state index contributed by atoms with van der Waals surface area (Å²) in [6.07, 6.45) is 3.18. The standard InChI is InChI=1S/C25H28BrN3O4S2/c1-16-11-17(2)13-19(12-16)33-14-24-27-23(15-34-24)25(30)28-21-5-3-4-6-22(21)29-35(31,32)20-9-7-18(26)8-10-20/h7-13,15,21-22,29H,3-6,14H2,1-2H3,(H,28,30)/t21-,22+/m0/s1. The number of benzene rings is 2. The molecule has 1 aliphatic carbocycles. The van der Waals surface area contributed by atoms with Gasteiger partial charge in [0, 0.05) is 21.9 Å². The molecule has 1 heterocycles. The number of carbonyl (C=O) groups is 1. The van der Waals surface area contributed by atoms with Crippen LogP contribution in [0.25, 0.3) is 0 Å². The fourth-order valence-corrected chi connectivity index (χ4v) is 6.47. The third-order valence-corrected chi connectivity index (χ3v) is 8.71. The Kier molecular flexibility index (Phi) is 8.26. The van der Waals surface area contributed by atoms with E-state index in [2.05, 4.69) is 37.0 Å². The number of ether oxygens (including phenoxy) is 1. The highest BCUT2D eigenvalue weighted by molar-refractivity contribution is 9.10. The lowest BCUT2D eigenvalue weighted by Gasteiger charge is -2.32. The van der Waals surface area contributed by atoms with Gasteiger partial charge < -0.3 is 10.1 Å². The Hall–Kier alpha value is -2.27. The van der Waals surface area contributed by atoms with Crippen LogP contribution in [0.1, 0.15) is 52.3 Å². The largest absolute Gasteiger partial charge is 0.486 e. The summed E-state index contributed by atoms with van der Waals surface area (Å²) in [5.74, 6) is 0.463. The monoisotopic (exact) mass is 577 g/mol. The number of nitrogens with one attached hydrogen (secondary N) is 2. The average Bonchev–Trinajstić information content (AvgIpc) is 3.28. The molecule has 2 aromatic carbocycles. The van der Waals surface area contributed by atoms with E-state index in [-0.39, 0.29) is 29.5 Å². The second-order valence-electron chi connectivity index (χ2n) is 8.78. The number of aryl methyl sites for hydroxylation is 2.